The fourth-order valence-corrected chi connectivity index (χ4v) is 2.22. The summed E-state index contributed by atoms with van der Waals surface area (Å²) in [6.07, 6.45) is 1.65. The van der Waals surface area contributed by atoms with Crippen LogP contribution >= 0.6 is 0 Å². The van der Waals surface area contributed by atoms with E-state index in [0.29, 0.717) is 6.61 Å². The van der Waals surface area contributed by atoms with E-state index >= 15 is 0 Å². The molecule has 1 aliphatic heterocycles. The summed E-state index contributed by atoms with van der Waals surface area (Å²) >= 11 is 0. The lowest BCUT2D eigenvalue weighted by Gasteiger charge is -2.33. The molecule has 3 N–H and O–H groups in total. The maximum Gasteiger partial charge on any atom is 0.161 e. The number of hydrogen-bond acceptors (Lipinski definition) is 5. The van der Waals surface area contributed by atoms with Gasteiger partial charge in [0, 0.05) is 7.11 Å². The van der Waals surface area contributed by atoms with Crippen LogP contribution in [0.25, 0.3) is 0 Å². The summed E-state index contributed by atoms with van der Waals surface area (Å²) in [6.45, 7) is 4.63. The highest BCUT2D eigenvalue weighted by Gasteiger charge is 2.30. The molecule has 0 saturated carbocycles. The standard InChI is InChI=1S/C15H24N2O3/c1-15(2,18-3)9-8-11(17-16)14-10-19-12-6-4-5-7-13(12)20-14/h4-7,11,14,17H,8-10,16H2,1-3H3. The van der Waals surface area contributed by atoms with Crippen molar-refractivity contribution in [3.8, 4) is 11.5 Å². The third kappa shape index (κ3) is 3.62. The molecule has 20 heavy (non-hydrogen) atoms. The summed E-state index contributed by atoms with van der Waals surface area (Å²) in [6, 6.07) is 7.71. The van der Waals surface area contributed by atoms with E-state index in [1.54, 1.807) is 7.11 Å². The number of rotatable bonds is 6. The van der Waals surface area contributed by atoms with E-state index in [9.17, 15) is 0 Å². The largest absolute Gasteiger partial charge is 0.486 e. The lowest BCUT2D eigenvalue weighted by Crippen LogP contribution is -2.51. The molecule has 0 bridgehead atoms. The number of hydrazine groups is 1. The van der Waals surface area contributed by atoms with Crippen molar-refractivity contribution < 1.29 is 14.2 Å². The highest BCUT2D eigenvalue weighted by molar-refractivity contribution is 5.40. The van der Waals surface area contributed by atoms with Gasteiger partial charge in [-0.15, -0.1) is 0 Å². The van der Waals surface area contributed by atoms with Gasteiger partial charge < -0.3 is 14.2 Å². The molecule has 0 saturated heterocycles. The van der Waals surface area contributed by atoms with Gasteiger partial charge in [0.05, 0.1) is 11.6 Å². The monoisotopic (exact) mass is 280 g/mol. The van der Waals surface area contributed by atoms with Crippen LogP contribution in [0, 0.1) is 0 Å². The van der Waals surface area contributed by atoms with Gasteiger partial charge >= 0.3 is 0 Å². The van der Waals surface area contributed by atoms with Crippen LogP contribution in [-0.2, 0) is 4.74 Å². The lowest BCUT2D eigenvalue weighted by molar-refractivity contribution is 0.00227. The number of benzene rings is 1. The Balaban J connectivity index is 1.96. The molecule has 5 nitrogen and oxygen atoms in total. The van der Waals surface area contributed by atoms with E-state index in [1.807, 2.05) is 24.3 Å². The molecule has 0 spiro atoms. The van der Waals surface area contributed by atoms with Gasteiger partial charge in [-0.2, -0.15) is 0 Å². The molecule has 0 radical (unpaired) electrons. The van der Waals surface area contributed by atoms with Crippen LogP contribution < -0.4 is 20.7 Å². The average molecular weight is 280 g/mol. The van der Waals surface area contributed by atoms with E-state index in [2.05, 4.69) is 19.3 Å². The van der Waals surface area contributed by atoms with Crippen molar-refractivity contribution in [2.45, 2.75) is 44.4 Å². The molecule has 2 unspecified atom stereocenters. The number of hydrogen-bond donors (Lipinski definition) is 2. The summed E-state index contributed by atoms with van der Waals surface area (Å²) in [5.74, 6) is 7.23. The summed E-state index contributed by atoms with van der Waals surface area (Å²) in [5, 5.41) is 0. The van der Waals surface area contributed by atoms with Crippen molar-refractivity contribution in [2.24, 2.45) is 5.84 Å². The fourth-order valence-electron chi connectivity index (χ4n) is 2.22. The smallest absolute Gasteiger partial charge is 0.161 e. The van der Waals surface area contributed by atoms with Crippen molar-refractivity contribution in [1.29, 1.82) is 0 Å². The summed E-state index contributed by atoms with van der Waals surface area (Å²) in [5.41, 5.74) is 2.67. The first-order valence-electron chi connectivity index (χ1n) is 6.95. The molecule has 5 heteroatoms. The summed E-state index contributed by atoms with van der Waals surface area (Å²) < 4.78 is 17.1. The normalized spacial score (nSPS) is 19.7. The Morgan fingerprint density at radius 2 is 2.10 bits per heavy atom. The molecule has 112 valence electrons. The SMILES string of the molecule is COC(C)(C)CCC(NN)C1COc2ccccc2O1. The van der Waals surface area contributed by atoms with E-state index in [0.717, 1.165) is 24.3 Å². The molecule has 0 aliphatic carbocycles. The fraction of sp³-hybridized carbons (Fsp3) is 0.600. The molecule has 0 fully saturated rings. The van der Waals surface area contributed by atoms with Crippen molar-refractivity contribution in [3.05, 3.63) is 24.3 Å². The third-order valence-electron chi connectivity index (χ3n) is 3.80. The number of methoxy groups -OCH3 is 1. The van der Waals surface area contributed by atoms with Crippen LogP contribution in [0.1, 0.15) is 26.7 Å². The topological polar surface area (TPSA) is 65.7 Å². The van der Waals surface area contributed by atoms with Crippen LogP contribution in [0.2, 0.25) is 0 Å². The van der Waals surface area contributed by atoms with E-state index in [4.69, 9.17) is 20.1 Å². The molecular formula is C15H24N2O3. The number of nitrogens with two attached hydrogens (primary N) is 1. The Bertz CT molecular complexity index is 437. The minimum atomic E-state index is -0.164. The molecular weight excluding hydrogens is 256 g/mol. The van der Waals surface area contributed by atoms with E-state index in [1.165, 1.54) is 0 Å². The second-order valence-corrected chi connectivity index (χ2v) is 5.69. The molecule has 0 amide bonds. The average Bonchev–Trinajstić information content (AvgIpc) is 2.47. The van der Waals surface area contributed by atoms with Crippen molar-refractivity contribution in [2.75, 3.05) is 13.7 Å². The van der Waals surface area contributed by atoms with Gasteiger partial charge in [-0.05, 0) is 38.8 Å². The second-order valence-electron chi connectivity index (χ2n) is 5.69. The van der Waals surface area contributed by atoms with Crippen LogP contribution in [0.15, 0.2) is 24.3 Å². The molecule has 1 aromatic carbocycles. The molecule has 1 aromatic rings. The zero-order valence-corrected chi connectivity index (χ0v) is 12.4. The van der Waals surface area contributed by atoms with E-state index in [-0.39, 0.29) is 17.7 Å². The zero-order chi connectivity index (χ0) is 14.6. The van der Waals surface area contributed by atoms with Crippen molar-refractivity contribution >= 4 is 0 Å². The zero-order valence-electron chi connectivity index (χ0n) is 12.4. The van der Waals surface area contributed by atoms with Gasteiger partial charge in [0.15, 0.2) is 11.5 Å². The van der Waals surface area contributed by atoms with Crippen LogP contribution in [-0.4, -0.2) is 31.5 Å². The predicted octanol–water partition coefficient (Wildman–Crippen LogP) is 1.86. The maximum absolute atomic E-state index is 5.98. The van der Waals surface area contributed by atoms with Crippen molar-refractivity contribution in [1.82, 2.24) is 5.43 Å². The van der Waals surface area contributed by atoms with E-state index < -0.39 is 0 Å². The molecule has 1 heterocycles. The first kappa shape index (κ1) is 15.1. The quantitative estimate of drug-likeness (QED) is 0.615. The Hall–Kier alpha value is -1.30. The molecule has 0 aromatic heterocycles. The Kier molecular flexibility index (Phi) is 4.86. The minimum absolute atomic E-state index is 0.0257. The summed E-state index contributed by atoms with van der Waals surface area (Å²) in [7, 11) is 1.72. The van der Waals surface area contributed by atoms with Crippen molar-refractivity contribution in [3.63, 3.8) is 0 Å². The van der Waals surface area contributed by atoms with Gasteiger partial charge in [-0.3, -0.25) is 11.3 Å². The Morgan fingerprint density at radius 3 is 2.75 bits per heavy atom. The Labute approximate surface area is 120 Å². The number of para-hydroxylation sites is 2. The second kappa shape index (κ2) is 6.43. The number of ether oxygens (including phenoxy) is 3. The third-order valence-corrected chi connectivity index (χ3v) is 3.80. The minimum Gasteiger partial charge on any atom is -0.486 e. The number of fused-ring (bicyclic) bond motifs is 1. The molecule has 1 aliphatic rings. The lowest BCUT2D eigenvalue weighted by atomic mass is 9.96. The van der Waals surface area contributed by atoms with Gasteiger partial charge in [0.2, 0.25) is 0 Å². The maximum atomic E-state index is 5.98. The van der Waals surface area contributed by atoms with Gasteiger partial charge in [-0.25, -0.2) is 0 Å². The molecule has 2 atom stereocenters. The van der Waals surface area contributed by atoms with Crippen LogP contribution in [0.3, 0.4) is 0 Å². The van der Waals surface area contributed by atoms with Crippen LogP contribution in [0.4, 0.5) is 0 Å². The Morgan fingerprint density at radius 1 is 1.40 bits per heavy atom. The van der Waals surface area contributed by atoms with Gasteiger partial charge in [-0.1, -0.05) is 12.1 Å². The first-order chi connectivity index (χ1) is 9.55. The first-order valence-corrected chi connectivity index (χ1v) is 6.95. The highest BCUT2D eigenvalue weighted by Crippen LogP contribution is 2.32. The summed E-state index contributed by atoms with van der Waals surface area (Å²) in [4.78, 5) is 0. The number of nitrogens with one attached hydrogen (secondary N) is 1. The van der Waals surface area contributed by atoms with Crippen LogP contribution in [0.5, 0.6) is 11.5 Å². The molecule has 2 rings (SSSR count). The highest BCUT2D eigenvalue weighted by atomic mass is 16.6. The van der Waals surface area contributed by atoms with Gasteiger partial charge in [0.25, 0.3) is 0 Å². The predicted molar refractivity (Wildman–Crippen MR) is 77.8 cm³/mol. The van der Waals surface area contributed by atoms with Gasteiger partial charge in [0.1, 0.15) is 12.7 Å².